The largest absolute Gasteiger partial charge is 0.497 e. The summed E-state index contributed by atoms with van der Waals surface area (Å²) >= 11 is 0. The zero-order chi connectivity index (χ0) is 28.5. The van der Waals surface area contributed by atoms with Crippen LogP contribution in [0.1, 0.15) is 24.0 Å². The average Bonchev–Trinajstić information content (AvgIpc) is 3.62. The number of piperidine rings is 1. The van der Waals surface area contributed by atoms with Crippen molar-refractivity contribution in [2.45, 2.75) is 32.4 Å². The highest BCUT2D eigenvalue weighted by Crippen LogP contribution is 2.36. The molecule has 0 bridgehead atoms. The molecule has 6 aromatic rings. The number of hydrogen-bond acceptors (Lipinski definition) is 8. The molecule has 0 saturated carbocycles. The summed E-state index contributed by atoms with van der Waals surface area (Å²) in [6.45, 7) is 4.52. The number of oxazole rings is 1. The van der Waals surface area contributed by atoms with E-state index in [9.17, 15) is 0 Å². The predicted octanol–water partition coefficient (Wildman–Crippen LogP) is 6.56. The lowest BCUT2D eigenvalue weighted by Gasteiger charge is -2.23. The molecule has 9 nitrogen and oxygen atoms in total. The van der Waals surface area contributed by atoms with Gasteiger partial charge >= 0.3 is 0 Å². The van der Waals surface area contributed by atoms with Crippen LogP contribution in [-0.2, 0) is 6.54 Å². The summed E-state index contributed by atoms with van der Waals surface area (Å²) in [5.74, 6) is 3.57. The van der Waals surface area contributed by atoms with Gasteiger partial charge in [0, 0.05) is 30.4 Å². The highest BCUT2D eigenvalue weighted by molar-refractivity contribution is 5.93. The summed E-state index contributed by atoms with van der Waals surface area (Å²) in [7, 11) is 1.67. The number of para-hydroxylation sites is 1. The molecule has 7 rings (SSSR count). The highest BCUT2D eigenvalue weighted by Gasteiger charge is 2.21. The Morgan fingerprint density at radius 1 is 1.02 bits per heavy atom. The number of aromatic nitrogens is 4. The van der Waals surface area contributed by atoms with Crippen LogP contribution in [0, 0.1) is 6.92 Å². The second kappa shape index (κ2) is 11.2. The molecule has 0 aliphatic carbocycles. The summed E-state index contributed by atoms with van der Waals surface area (Å²) in [6.07, 6.45) is 3.97. The molecule has 2 N–H and O–H groups in total. The number of pyridine rings is 1. The van der Waals surface area contributed by atoms with Gasteiger partial charge in [-0.2, -0.15) is 5.10 Å². The van der Waals surface area contributed by atoms with Crippen LogP contribution in [0.25, 0.3) is 33.6 Å². The molecule has 4 heterocycles. The molecule has 0 unspecified atom stereocenters. The number of nitrogens with zero attached hydrogens (tertiary/aromatic N) is 4. The van der Waals surface area contributed by atoms with Crippen molar-refractivity contribution in [2.24, 2.45) is 0 Å². The monoisotopic (exact) mass is 560 g/mol. The number of nitrogens with one attached hydrogen (secondary N) is 2. The summed E-state index contributed by atoms with van der Waals surface area (Å²) in [5, 5.41) is 13.0. The van der Waals surface area contributed by atoms with E-state index in [-0.39, 0.29) is 6.04 Å². The van der Waals surface area contributed by atoms with E-state index in [0.29, 0.717) is 23.9 Å². The number of methoxy groups -OCH3 is 1. The first-order chi connectivity index (χ1) is 20.6. The van der Waals surface area contributed by atoms with Crippen LogP contribution >= 0.6 is 0 Å². The lowest BCUT2D eigenvalue weighted by molar-refractivity contribution is 0.414. The number of benzene rings is 3. The molecule has 1 fully saturated rings. The van der Waals surface area contributed by atoms with Gasteiger partial charge in [0.15, 0.2) is 17.0 Å². The second-order valence-electron chi connectivity index (χ2n) is 10.6. The Bertz CT molecular complexity index is 1840. The van der Waals surface area contributed by atoms with Crippen LogP contribution in [0.3, 0.4) is 0 Å². The van der Waals surface area contributed by atoms with Gasteiger partial charge in [0.1, 0.15) is 28.2 Å². The van der Waals surface area contributed by atoms with E-state index >= 15 is 0 Å². The third-order valence-corrected chi connectivity index (χ3v) is 7.66. The van der Waals surface area contributed by atoms with Crippen LogP contribution in [0.5, 0.6) is 17.2 Å². The third-order valence-electron chi connectivity index (χ3n) is 7.66. The molecule has 0 amide bonds. The highest BCUT2D eigenvalue weighted by atomic mass is 16.5. The molecule has 9 heteroatoms. The van der Waals surface area contributed by atoms with Crippen molar-refractivity contribution in [3.8, 4) is 28.7 Å². The molecule has 0 spiro atoms. The maximum absolute atomic E-state index is 6.47. The van der Waals surface area contributed by atoms with E-state index in [0.717, 1.165) is 76.3 Å². The van der Waals surface area contributed by atoms with Crippen LogP contribution in [-0.4, -0.2) is 46.0 Å². The minimum absolute atomic E-state index is 0.276. The molecule has 1 aliphatic rings. The standard InChI is InChI=1S/C33H32N6O3/c1-21-5-3-7-27-30(21)42-33(37-27)23-10-14-26(15-11-23)41-28-16-18-35-32-29(28)31(36-24-6-4-17-34-19-24)38-39(32)20-22-8-12-25(40-2)13-9-22/h3,5,7-16,18,24,34H,4,6,17,19-20H2,1-2H3,(H,36,38)/t24-/m1/s1. The molecule has 3 aromatic carbocycles. The van der Waals surface area contributed by atoms with Crippen LogP contribution in [0.2, 0.25) is 0 Å². The van der Waals surface area contributed by atoms with Crippen molar-refractivity contribution in [3.05, 3.63) is 90.1 Å². The van der Waals surface area contributed by atoms with E-state index in [1.165, 1.54) is 0 Å². The van der Waals surface area contributed by atoms with Gasteiger partial charge < -0.3 is 24.5 Å². The molecule has 212 valence electrons. The van der Waals surface area contributed by atoms with E-state index in [1.807, 2.05) is 84.4 Å². The normalized spacial score (nSPS) is 15.2. The third kappa shape index (κ3) is 5.14. The van der Waals surface area contributed by atoms with Crippen molar-refractivity contribution in [3.63, 3.8) is 0 Å². The van der Waals surface area contributed by atoms with Gasteiger partial charge in [-0.15, -0.1) is 0 Å². The quantitative estimate of drug-likeness (QED) is 0.216. The topological polar surface area (TPSA) is 99.3 Å². The van der Waals surface area contributed by atoms with Crippen molar-refractivity contribution >= 4 is 28.0 Å². The lowest BCUT2D eigenvalue weighted by Crippen LogP contribution is -2.38. The molecular formula is C33H32N6O3. The minimum Gasteiger partial charge on any atom is -0.497 e. The Kier molecular flexibility index (Phi) is 6.93. The fourth-order valence-corrected chi connectivity index (χ4v) is 5.44. The Balaban J connectivity index is 1.21. The fourth-order valence-electron chi connectivity index (χ4n) is 5.44. The number of ether oxygens (including phenoxy) is 2. The molecule has 3 aromatic heterocycles. The van der Waals surface area contributed by atoms with Gasteiger partial charge in [0.2, 0.25) is 5.89 Å². The Morgan fingerprint density at radius 2 is 1.86 bits per heavy atom. The number of aryl methyl sites for hydroxylation is 1. The summed E-state index contributed by atoms with van der Waals surface area (Å²) in [4.78, 5) is 9.39. The SMILES string of the molecule is COc1ccc(Cn2nc(N[C@@H]3CCCNC3)c3c(Oc4ccc(-c5nc6cccc(C)c6o5)cc4)ccnc32)cc1. The first-order valence-corrected chi connectivity index (χ1v) is 14.2. The van der Waals surface area contributed by atoms with Gasteiger partial charge in [-0.05, 0) is 79.9 Å². The maximum Gasteiger partial charge on any atom is 0.227 e. The van der Waals surface area contributed by atoms with Gasteiger partial charge in [0.25, 0.3) is 0 Å². The van der Waals surface area contributed by atoms with E-state index in [4.69, 9.17) is 24.0 Å². The minimum atomic E-state index is 0.276. The Labute approximate surface area is 243 Å². The van der Waals surface area contributed by atoms with E-state index < -0.39 is 0 Å². The Morgan fingerprint density at radius 3 is 2.62 bits per heavy atom. The van der Waals surface area contributed by atoms with Gasteiger partial charge in [-0.3, -0.25) is 0 Å². The van der Waals surface area contributed by atoms with Crippen LogP contribution < -0.4 is 20.1 Å². The van der Waals surface area contributed by atoms with Crippen molar-refractivity contribution in [1.82, 2.24) is 25.1 Å². The summed E-state index contributed by atoms with van der Waals surface area (Å²) in [5.41, 5.74) is 5.47. The molecule has 1 saturated heterocycles. The van der Waals surface area contributed by atoms with Gasteiger partial charge in [-0.25, -0.2) is 14.6 Å². The summed E-state index contributed by atoms with van der Waals surface area (Å²) < 4.78 is 19.8. The van der Waals surface area contributed by atoms with Crippen LogP contribution in [0.4, 0.5) is 5.82 Å². The lowest BCUT2D eigenvalue weighted by atomic mass is 10.1. The molecule has 42 heavy (non-hydrogen) atoms. The molecule has 1 atom stereocenters. The maximum atomic E-state index is 6.47. The number of fused-ring (bicyclic) bond motifs is 2. The average molecular weight is 561 g/mol. The molecular weight excluding hydrogens is 528 g/mol. The van der Waals surface area contributed by atoms with Gasteiger partial charge in [-0.1, -0.05) is 24.3 Å². The molecule has 1 aliphatic heterocycles. The fraction of sp³-hybridized carbons (Fsp3) is 0.242. The Hall–Kier alpha value is -4.89. The van der Waals surface area contributed by atoms with Gasteiger partial charge in [0.05, 0.1) is 13.7 Å². The zero-order valence-corrected chi connectivity index (χ0v) is 23.6. The predicted molar refractivity (Wildman–Crippen MR) is 163 cm³/mol. The number of rotatable bonds is 8. The zero-order valence-electron chi connectivity index (χ0n) is 23.6. The van der Waals surface area contributed by atoms with Crippen molar-refractivity contribution < 1.29 is 13.9 Å². The van der Waals surface area contributed by atoms with Crippen molar-refractivity contribution in [2.75, 3.05) is 25.5 Å². The van der Waals surface area contributed by atoms with E-state index in [2.05, 4.69) is 15.6 Å². The summed E-state index contributed by atoms with van der Waals surface area (Å²) in [6, 6.07) is 24.0. The number of hydrogen-bond donors (Lipinski definition) is 2. The molecule has 0 radical (unpaired) electrons. The second-order valence-corrected chi connectivity index (χ2v) is 10.6. The van der Waals surface area contributed by atoms with Crippen molar-refractivity contribution in [1.29, 1.82) is 0 Å². The first-order valence-electron chi connectivity index (χ1n) is 14.2. The smallest absolute Gasteiger partial charge is 0.227 e. The van der Waals surface area contributed by atoms with Crippen LogP contribution in [0.15, 0.2) is 83.4 Å². The first kappa shape index (κ1) is 26.0. The number of anilines is 1. The van der Waals surface area contributed by atoms with E-state index in [1.54, 1.807) is 13.3 Å².